The van der Waals surface area contributed by atoms with Gasteiger partial charge in [0.2, 0.25) is 0 Å². The summed E-state index contributed by atoms with van der Waals surface area (Å²) < 4.78 is 5.40. The van der Waals surface area contributed by atoms with E-state index in [9.17, 15) is 14.9 Å². The number of carboxylic acid groups (broad SMARTS) is 1. The van der Waals surface area contributed by atoms with Crippen molar-refractivity contribution in [2.75, 3.05) is 19.7 Å². The van der Waals surface area contributed by atoms with Crippen molar-refractivity contribution in [3.8, 4) is 5.75 Å². The van der Waals surface area contributed by atoms with Crippen molar-refractivity contribution in [1.82, 2.24) is 4.90 Å². The number of halogens is 1. The van der Waals surface area contributed by atoms with Gasteiger partial charge in [0.25, 0.3) is 5.69 Å². The van der Waals surface area contributed by atoms with E-state index in [-0.39, 0.29) is 24.0 Å². The predicted octanol–water partition coefficient (Wildman–Crippen LogP) is 2.24. The molecule has 1 aliphatic heterocycles. The fourth-order valence-electron chi connectivity index (χ4n) is 1.76. The Morgan fingerprint density at radius 1 is 1.58 bits per heavy atom. The third-order valence-corrected chi connectivity index (χ3v) is 3.14. The molecule has 0 atom stereocenters. The monoisotopic (exact) mass is 286 g/mol. The van der Waals surface area contributed by atoms with Crippen molar-refractivity contribution in [3.63, 3.8) is 0 Å². The van der Waals surface area contributed by atoms with Gasteiger partial charge in [0.1, 0.15) is 5.75 Å². The molecule has 1 aromatic carbocycles. The van der Waals surface area contributed by atoms with Gasteiger partial charge in [-0.3, -0.25) is 10.1 Å². The second-order valence-electron chi connectivity index (χ2n) is 4.24. The molecule has 1 fully saturated rings. The van der Waals surface area contributed by atoms with Crippen molar-refractivity contribution in [2.24, 2.45) is 5.92 Å². The maximum absolute atomic E-state index is 10.6. The molecular weight excluding hydrogens is 276 g/mol. The SMILES string of the molecule is O=C(O)N1CC(COc2cc([N+](=O)[O-])ccc2Cl)C1. The maximum atomic E-state index is 10.6. The van der Waals surface area contributed by atoms with E-state index in [2.05, 4.69) is 0 Å². The van der Waals surface area contributed by atoms with Gasteiger partial charge < -0.3 is 14.7 Å². The molecule has 102 valence electrons. The largest absolute Gasteiger partial charge is 0.491 e. The summed E-state index contributed by atoms with van der Waals surface area (Å²) in [5.41, 5.74) is -0.0971. The number of non-ortho nitro benzene ring substituents is 1. The van der Waals surface area contributed by atoms with E-state index in [1.165, 1.54) is 23.1 Å². The van der Waals surface area contributed by atoms with Crippen molar-refractivity contribution < 1.29 is 19.6 Å². The van der Waals surface area contributed by atoms with E-state index in [4.69, 9.17) is 21.4 Å². The molecule has 1 aliphatic rings. The number of likely N-dealkylation sites (tertiary alicyclic amines) is 1. The van der Waals surface area contributed by atoms with E-state index < -0.39 is 11.0 Å². The molecule has 0 bridgehead atoms. The summed E-state index contributed by atoms with van der Waals surface area (Å²) in [5, 5.41) is 19.6. The minimum atomic E-state index is -0.954. The average Bonchev–Trinajstić information content (AvgIpc) is 2.28. The Morgan fingerprint density at radius 3 is 2.84 bits per heavy atom. The molecule has 0 saturated carbocycles. The van der Waals surface area contributed by atoms with E-state index in [1.807, 2.05) is 0 Å². The smallest absolute Gasteiger partial charge is 0.407 e. The number of benzene rings is 1. The Hall–Kier alpha value is -2.02. The van der Waals surface area contributed by atoms with Crippen molar-refractivity contribution in [2.45, 2.75) is 0 Å². The Kier molecular flexibility index (Phi) is 3.75. The van der Waals surface area contributed by atoms with Gasteiger partial charge in [-0.05, 0) is 6.07 Å². The summed E-state index contributed by atoms with van der Waals surface area (Å²) in [5.74, 6) is 0.330. The molecule has 7 nitrogen and oxygen atoms in total. The van der Waals surface area contributed by atoms with Gasteiger partial charge in [0.15, 0.2) is 0 Å². The lowest BCUT2D eigenvalue weighted by Gasteiger charge is -2.36. The van der Waals surface area contributed by atoms with Gasteiger partial charge in [0, 0.05) is 25.1 Å². The molecule has 1 heterocycles. The van der Waals surface area contributed by atoms with Crippen LogP contribution < -0.4 is 4.74 Å². The van der Waals surface area contributed by atoms with Crippen molar-refractivity contribution >= 4 is 23.4 Å². The van der Waals surface area contributed by atoms with E-state index in [0.29, 0.717) is 18.1 Å². The number of nitro groups is 1. The summed E-state index contributed by atoms with van der Waals surface area (Å²) >= 11 is 5.87. The van der Waals surface area contributed by atoms with Crippen LogP contribution in [-0.2, 0) is 0 Å². The number of rotatable bonds is 4. The Bertz CT molecular complexity index is 516. The highest BCUT2D eigenvalue weighted by molar-refractivity contribution is 6.32. The van der Waals surface area contributed by atoms with Gasteiger partial charge in [0.05, 0.1) is 22.6 Å². The fourth-order valence-corrected chi connectivity index (χ4v) is 1.93. The number of nitro benzene ring substituents is 1. The van der Waals surface area contributed by atoms with Gasteiger partial charge in [-0.15, -0.1) is 0 Å². The zero-order valence-electron chi connectivity index (χ0n) is 9.78. The molecule has 0 aliphatic carbocycles. The Labute approximate surface area is 113 Å². The second-order valence-corrected chi connectivity index (χ2v) is 4.64. The molecule has 1 N–H and O–H groups in total. The first kappa shape index (κ1) is 13.4. The van der Waals surface area contributed by atoms with Crippen molar-refractivity contribution in [3.05, 3.63) is 33.3 Å². The predicted molar refractivity (Wildman–Crippen MR) is 66.7 cm³/mol. The molecule has 0 spiro atoms. The quantitative estimate of drug-likeness (QED) is 0.677. The normalized spacial score (nSPS) is 14.9. The lowest BCUT2D eigenvalue weighted by atomic mass is 10.0. The van der Waals surface area contributed by atoms with Gasteiger partial charge in [-0.25, -0.2) is 4.79 Å². The summed E-state index contributed by atoms with van der Waals surface area (Å²) in [6.07, 6.45) is -0.954. The zero-order chi connectivity index (χ0) is 14.0. The highest BCUT2D eigenvalue weighted by atomic mass is 35.5. The number of nitrogens with zero attached hydrogens (tertiary/aromatic N) is 2. The molecule has 19 heavy (non-hydrogen) atoms. The third-order valence-electron chi connectivity index (χ3n) is 2.83. The minimum Gasteiger partial charge on any atom is -0.491 e. The number of carbonyl (C=O) groups is 1. The van der Waals surface area contributed by atoms with Gasteiger partial charge in [-0.1, -0.05) is 11.6 Å². The molecule has 0 radical (unpaired) electrons. The summed E-state index contributed by atoms with van der Waals surface area (Å²) in [6.45, 7) is 1.09. The van der Waals surface area contributed by atoms with E-state index in [1.54, 1.807) is 0 Å². The summed E-state index contributed by atoms with van der Waals surface area (Å²) in [6, 6.07) is 3.96. The lowest BCUT2D eigenvalue weighted by molar-refractivity contribution is -0.384. The number of hydrogen-bond donors (Lipinski definition) is 1. The Balaban J connectivity index is 1.91. The van der Waals surface area contributed by atoms with Crippen molar-refractivity contribution in [1.29, 1.82) is 0 Å². The van der Waals surface area contributed by atoms with Crippen LogP contribution >= 0.6 is 11.6 Å². The molecule has 0 unspecified atom stereocenters. The topological polar surface area (TPSA) is 92.9 Å². The van der Waals surface area contributed by atoms with Crippen LogP contribution in [0.15, 0.2) is 18.2 Å². The molecule has 1 saturated heterocycles. The lowest BCUT2D eigenvalue weighted by Crippen LogP contribution is -2.51. The number of ether oxygens (including phenoxy) is 1. The van der Waals surface area contributed by atoms with Crippen LogP contribution in [0.1, 0.15) is 0 Å². The third kappa shape index (κ3) is 3.05. The Morgan fingerprint density at radius 2 is 2.26 bits per heavy atom. The summed E-state index contributed by atoms with van der Waals surface area (Å²) in [4.78, 5) is 21.9. The molecule has 1 aromatic rings. The average molecular weight is 287 g/mol. The molecule has 8 heteroatoms. The van der Waals surface area contributed by atoms with E-state index >= 15 is 0 Å². The first-order valence-electron chi connectivity index (χ1n) is 5.52. The van der Waals surface area contributed by atoms with Gasteiger partial charge >= 0.3 is 6.09 Å². The maximum Gasteiger partial charge on any atom is 0.407 e. The molecular formula is C11H11ClN2O5. The highest BCUT2D eigenvalue weighted by Crippen LogP contribution is 2.29. The van der Waals surface area contributed by atoms with Crippen LogP contribution in [0.2, 0.25) is 5.02 Å². The van der Waals surface area contributed by atoms with Crippen LogP contribution in [-0.4, -0.2) is 40.7 Å². The number of amides is 1. The van der Waals surface area contributed by atoms with Crippen LogP contribution in [0.5, 0.6) is 5.75 Å². The first-order chi connectivity index (χ1) is 8.97. The minimum absolute atomic E-state index is 0.0893. The molecule has 0 aromatic heterocycles. The summed E-state index contributed by atoms with van der Waals surface area (Å²) in [7, 11) is 0. The van der Waals surface area contributed by atoms with E-state index in [0.717, 1.165) is 0 Å². The van der Waals surface area contributed by atoms with Crippen LogP contribution in [0.3, 0.4) is 0 Å². The zero-order valence-corrected chi connectivity index (χ0v) is 10.5. The highest BCUT2D eigenvalue weighted by Gasteiger charge is 2.31. The molecule has 1 amide bonds. The standard InChI is InChI=1S/C11H11ClN2O5/c12-9-2-1-8(14(17)18)3-10(9)19-6-7-4-13(5-7)11(15)16/h1-3,7H,4-6H2,(H,15,16). The fraction of sp³-hybridized carbons (Fsp3) is 0.364. The van der Waals surface area contributed by atoms with Crippen LogP contribution in [0, 0.1) is 16.0 Å². The van der Waals surface area contributed by atoms with Crippen LogP contribution in [0.25, 0.3) is 0 Å². The second kappa shape index (κ2) is 5.31. The van der Waals surface area contributed by atoms with Gasteiger partial charge in [-0.2, -0.15) is 0 Å². The first-order valence-corrected chi connectivity index (χ1v) is 5.90. The van der Waals surface area contributed by atoms with Crippen LogP contribution in [0.4, 0.5) is 10.5 Å². The number of hydrogen-bond acceptors (Lipinski definition) is 4. The molecule has 2 rings (SSSR count).